The van der Waals surface area contributed by atoms with E-state index in [1.807, 2.05) is 31.5 Å². The smallest absolute Gasteiger partial charge is 0.256 e. The number of anilines is 1. The highest BCUT2D eigenvalue weighted by atomic mass is 35.5. The Bertz CT molecular complexity index is 942. The normalized spacial score (nSPS) is 13.3. The molecule has 2 rings (SSSR count). The summed E-state index contributed by atoms with van der Waals surface area (Å²) in [5.74, 6) is -0.182. The Morgan fingerprint density at radius 1 is 1.31 bits per heavy atom. The molecular formula is C27H38ClN3O4. The van der Waals surface area contributed by atoms with Gasteiger partial charge in [-0.1, -0.05) is 38.4 Å². The lowest BCUT2D eigenvalue weighted by atomic mass is 9.93. The molecule has 0 radical (unpaired) electrons. The van der Waals surface area contributed by atoms with Crippen molar-refractivity contribution in [2.75, 3.05) is 18.1 Å². The molecule has 0 aliphatic carbocycles. The number of hydrogen-bond acceptors (Lipinski definition) is 5. The van der Waals surface area contributed by atoms with E-state index in [1.165, 1.54) is 0 Å². The Balaban J connectivity index is 2.35. The number of halogens is 1. The van der Waals surface area contributed by atoms with Gasteiger partial charge in [0.1, 0.15) is 12.4 Å². The Morgan fingerprint density at radius 2 is 2.03 bits per heavy atom. The van der Waals surface area contributed by atoms with Crippen molar-refractivity contribution in [2.45, 2.75) is 71.6 Å². The van der Waals surface area contributed by atoms with Gasteiger partial charge in [-0.3, -0.25) is 9.48 Å². The molecule has 0 spiro atoms. The highest BCUT2D eigenvalue weighted by Gasteiger charge is 2.32. The fraction of sp³-hybridized carbons (Fsp3) is 0.519. The Morgan fingerprint density at radius 3 is 2.63 bits per heavy atom. The molecule has 0 aliphatic rings. The minimum Gasteiger partial charge on any atom is -0.396 e. The van der Waals surface area contributed by atoms with Crippen LogP contribution in [0.15, 0.2) is 49.2 Å². The van der Waals surface area contributed by atoms with E-state index in [2.05, 4.69) is 11.7 Å². The molecule has 0 aliphatic heterocycles. The third-order valence-electron chi connectivity index (χ3n) is 5.86. The number of aromatic nitrogens is 2. The van der Waals surface area contributed by atoms with Crippen LogP contribution in [0.2, 0.25) is 5.02 Å². The molecule has 1 heterocycles. The molecule has 1 N–H and O–H groups in total. The van der Waals surface area contributed by atoms with Crippen LogP contribution in [0.5, 0.6) is 0 Å². The van der Waals surface area contributed by atoms with Crippen molar-refractivity contribution < 1.29 is 19.4 Å². The number of rotatable bonds is 16. The molecular weight excluding hydrogens is 466 g/mol. The lowest BCUT2D eigenvalue weighted by molar-refractivity contribution is -0.135. The number of nitrogens with zero attached hydrogens (tertiary/aromatic N) is 3. The van der Waals surface area contributed by atoms with Crippen molar-refractivity contribution in [3.63, 3.8) is 0 Å². The van der Waals surface area contributed by atoms with Crippen LogP contribution in [0.3, 0.4) is 0 Å². The summed E-state index contributed by atoms with van der Waals surface area (Å²) in [6.45, 7) is 10.4. The van der Waals surface area contributed by atoms with Crippen molar-refractivity contribution in [2.24, 2.45) is 5.41 Å². The van der Waals surface area contributed by atoms with Crippen LogP contribution < -0.4 is 4.90 Å². The second kappa shape index (κ2) is 14.2. The average molecular weight is 504 g/mol. The molecule has 0 unspecified atom stereocenters. The SMILES string of the molecule is C=CC[C@H](CC)O[C@H](CCn1nccc1CCC=O)C(=O)N(CC(C)(C)CO)c1ccc(Cl)cc1. The van der Waals surface area contributed by atoms with E-state index >= 15 is 0 Å². The van der Waals surface area contributed by atoms with Gasteiger partial charge in [-0.2, -0.15) is 5.10 Å². The number of benzene rings is 1. The number of aldehydes is 1. The first-order valence-electron chi connectivity index (χ1n) is 12.1. The average Bonchev–Trinajstić information content (AvgIpc) is 3.30. The standard InChI is InChI=1S/C27H38ClN3O4/c1-5-8-24(6-2)35-25(15-17-31-23(9-7-18-32)14-16-29-31)26(34)30(19-27(3,4)20-33)22-12-10-21(28)11-13-22/h5,10-14,16,18,24-25,33H,1,6-9,15,17,19-20H2,2-4H3/t24-,25+/m0/s1. The number of carbonyl (C=O) groups is 2. The van der Waals surface area contributed by atoms with Crippen LogP contribution >= 0.6 is 11.6 Å². The van der Waals surface area contributed by atoms with Gasteiger partial charge in [-0.05, 0) is 49.6 Å². The van der Waals surface area contributed by atoms with E-state index in [1.54, 1.807) is 41.4 Å². The highest BCUT2D eigenvalue weighted by Crippen LogP contribution is 2.26. The summed E-state index contributed by atoms with van der Waals surface area (Å²) >= 11 is 6.09. The first kappa shape index (κ1) is 28.8. The van der Waals surface area contributed by atoms with Gasteiger partial charge in [0.2, 0.25) is 0 Å². The highest BCUT2D eigenvalue weighted by molar-refractivity contribution is 6.30. The molecule has 1 aromatic carbocycles. The van der Waals surface area contributed by atoms with Crippen LogP contribution in [0.25, 0.3) is 0 Å². The summed E-state index contributed by atoms with van der Waals surface area (Å²) in [7, 11) is 0. The topological polar surface area (TPSA) is 84.7 Å². The molecule has 0 saturated heterocycles. The zero-order chi connectivity index (χ0) is 25.8. The van der Waals surface area contributed by atoms with Gasteiger partial charge >= 0.3 is 0 Å². The van der Waals surface area contributed by atoms with Gasteiger partial charge in [0, 0.05) is 60.6 Å². The summed E-state index contributed by atoms with van der Waals surface area (Å²) in [4.78, 5) is 26.5. The summed E-state index contributed by atoms with van der Waals surface area (Å²) in [5.41, 5.74) is 1.12. The van der Waals surface area contributed by atoms with Gasteiger partial charge in [-0.25, -0.2) is 0 Å². The summed E-state index contributed by atoms with van der Waals surface area (Å²) in [6.07, 6.45) is 6.31. The second-order valence-corrected chi connectivity index (χ2v) is 9.88. The Kier molecular flexibility index (Phi) is 11.6. The van der Waals surface area contributed by atoms with E-state index < -0.39 is 11.5 Å². The third-order valence-corrected chi connectivity index (χ3v) is 6.11. The molecule has 0 fully saturated rings. The van der Waals surface area contributed by atoms with Crippen LogP contribution in [0, 0.1) is 5.41 Å². The van der Waals surface area contributed by atoms with Gasteiger partial charge < -0.3 is 19.5 Å². The van der Waals surface area contributed by atoms with Gasteiger partial charge in [-0.15, -0.1) is 6.58 Å². The number of aryl methyl sites for hydroxylation is 2. The number of hydrogen-bond donors (Lipinski definition) is 1. The number of ether oxygens (including phenoxy) is 1. The van der Waals surface area contributed by atoms with Gasteiger partial charge in [0.05, 0.1) is 6.10 Å². The van der Waals surface area contributed by atoms with Crippen molar-refractivity contribution in [1.82, 2.24) is 9.78 Å². The van der Waals surface area contributed by atoms with Gasteiger partial charge in [0.25, 0.3) is 5.91 Å². The second-order valence-electron chi connectivity index (χ2n) is 9.44. The minimum absolute atomic E-state index is 0.0721. The number of carbonyl (C=O) groups excluding carboxylic acids is 2. The summed E-state index contributed by atoms with van der Waals surface area (Å²) in [6, 6.07) is 8.98. The summed E-state index contributed by atoms with van der Waals surface area (Å²) in [5, 5.41) is 14.9. The fourth-order valence-corrected chi connectivity index (χ4v) is 3.90. The Hall–Kier alpha value is -2.48. The van der Waals surface area contributed by atoms with Crippen molar-refractivity contribution in [1.29, 1.82) is 0 Å². The van der Waals surface area contributed by atoms with E-state index in [9.17, 15) is 14.7 Å². The molecule has 0 saturated carbocycles. The largest absolute Gasteiger partial charge is 0.396 e. The maximum Gasteiger partial charge on any atom is 0.256 e. The lowest BCUT2D eigenvalue weighted by Crippen LogP contribution is -2.47. The first-order chi connectivity index (χ1) is 16.7. The zero-order valence-corrected chi connectivity index (χ0v) is 21.8. The molecule has 35 heavy (non-hydrogen) atoms. The van der Waals surface area contributed by atoms with E-state index in [4.69, 9.17) is 16.3 Å². The van der Waals surface area contributed by atoms with Crippen molar-refractivity contribution >= 4 is 29.5 Å². The first-order valence-corrected chi connectivity index (χ1v) is 12.5. The molecule has 7 nitrogen and oxygen atoms in total. The van der Waals surface area contributed by atoms with Gasteiger partial charge in [0.15, 0.2) is 0 Å². The summed E-state index contributed by atoms with van der Waals surface area (Å²) < 4.78 is 8.17. The minimum atomic E-state index is -0.729. The predicted octanol–water partition coefficient (Wildman–Crippen LogP) is 4.85. The van der Waals surface area contributed by atoms with E-state index in [0.717, 1.165) is 18.4 Å². The quantitative estimate of drug-likeness (QED) is 0.261. The molecule has 8 heteroatoms. The van der Waals surface area contributed by atoms with Crippen LogP contribution in [-0.2, 0) is 27.3 Å². The maximum atomic E-state index is 14.0. The molecule has 2 aromatic rings. The van der Waals surface area contributed by atoms with Crippen molar-refractivity contribution in [3.05, 3.63) is 59.9 Å². The predicted molar refractivity (Wildman–Crippen MR) is 140 cm³/mol. The maximum absolute atomic E-state index is 14.0. The van der Waals surface area contributed by atoms with E-state index in [0.29, 0.717) is 49.5 Å². The molecule has 192 valence electrons. The molecule has 2 atom stereocenters. The van der Waals surface area contributed by atoms with E-state index in [-0.39, 0.29) is 18.6 Å². The van der Waals surface area contributed by atoms with Crippen LogP contribution in [0.1, 0.15) is 52.1 Å². The molecule has 1 aromatic heterocycles. The number of aliphatic hydroxyl groups is 1. The zero-order valence-electron chi connectivity index (χ0n) is 21.0. The van der Waals surface area contributed by atoms with Crippen LogP contribution in [0.4, 0.5) is 5.69 Å². The monoisotopic (exact) mass is 503 g/mol. The third kappa shape index (κ3) is 8.91. The van der Waals surface area contributed by atoms with Crippen LogP contribution in [-0.4, -0.2) is 52.4 Å². The molecule has 0 bridgehead atoms. The molecule has 1 amide bonds. The number of amides is 1. The fourth-order valence-electron chi connectivity index (χ4n) is 3.78. The lowest BCUT2D eigenvalue weighted by Gasteiger charge is -2.34. The number of aliphatic hydroxyl groups excluding tert-OH is 1. The Labute approximate surface area is 213 Å². The van der Waals surface area contributed by atoms with Crippen molar-refractivity contribution in [3.8, 4) is 0 Å².